The van der Waals surface area contributed by atoms with Crippen LogP contribution < -0.4 is 4.90 Å². The van der Waals surface area contributed by atoms with E-state index in [9.17, 15) is 13.5 Å². The fraction of sp³-hybridized carbons (Fsp3) is 0.462. The summed E-state index contributed by atoms with van der Waals surface area (Å²) in [6.07, 6.45) is 3.03. The van der Waals surface area contributed by atoms with Gasteiger partial charge in [0.2, 0.25) is 0 Å². The number of ether oxygens (including phenoxy) is 1. The Bertz CT molecular complexity index is 1550. The molecule has 0 bridgehead atoms. The number of piperazine rings is 1. The number of aromatic nitrogens is 3. The van der Waals surface area contributed by atoms with Crippen LogP contribution in [0.2, 0.25) is 0 Å². The number of thiophene rings is 1. The molecule has 2 aliphatic rings. The maximum atomic E-state index is 12.5. The van der Waals surface area contributed by atoms with E-state index in [1.807, 2.05) is 12.3 Å². The van der Waals surface area contributed by atoms with Crippen LogP contribution in [0.1, 0.15) is 4.88 Å². The number of H-pyrrole nitrogens is 1. The van der Waals surface area contributed by atoms with Gasteiger partial charge in [-0.3, -0.25) is 9.80 Å². The van der Waals surface area contributed by atoms with Gasteiger partial charge in [-0.15, -0.1) is 11.3 Å². The molecule has 1 aromatic carbocycles. The zero-order valence-electron chi connectivity index (χ0n) is 21.4. The fourth-order valence-corrected chi connectivity index (χ4v) is 7.04. The molecule has 2 fully saturated rings. The van der Waals surface area contributed by atoms with E-state index in [2.05, 4.69) is 25.8 Å². The van der Waals surface area contributed by atoms with E-state index in [1.54, 1.807) is 23.5 Å². The summed E-state index contributed by atoms with van der Waals surface area (Å²) in [7, 11) is -3.42. The van der Waals surface area contributed by atoms with Crippen LogP contribution in [0, 0.1) is 0 Å². The summed E-state index contributed by atoms with van der Waals surface area (Å²) in [5, 5.41) is 10.1. The van der Waals surface area contributed by atoms with Gasteiger partial charge in [0.25, 0.3) is 0 Å². The number of rotatable bonds is 7. The van der Waals surface area contributed by atoms with Gasteiger partial charge in [0.15, 0.2) is 21.5 Å². The van der Waals surface area contributed by atoms with Gasteiger partial charge in [0.1, 0.15) is 0 Å². The number of hydrogen-bond donors (Lipinski definition) is 2. The first-order valence-electron chi connectivity index (χ1n) is 12.9. The molecule has 4 aromatic rings. The van der Waals surface area contributed by atoms with E-state index < -0.39 is 9.84 Å². The van der Waals surface area contributed by atoms with E-state index in [4.69, 9.17) is 14.7 Å². The first kappa shape index (κ1) is 25.7. The molecular weight excluding hydrogens is 524 g/mol. The topological polar surface area (TPSA) is 115 Å². The summed E-state index contributed by atoms with van der Waals surface area (Å²) in [6, 6.07) is 7.45. The number of fused-ring (bicyclic) bond motifs is 2. The van der Waals surface area contributed by atoms with Gasteiger partial charge in [0.05, 0.1) is 34.9 Å². The normalized spacial score (nSPS) is 18.1. The largest absolute Gasteiger partial charge is 0.395 e. The quantitative estimate of drug-likeness (QED) is 0.354. The minimum absolute atomic E-state index is 0.198. The average molecular weight is 557 g/mol. The molecule has 0 radical (unpaired) electrons. The predicted octanol–water partition coefficient (Wildman–Crippen LogP) is 2.19. The molecule has 0 spiro atoms. The smallest absolute Gasteiger partial charge is 0.175 e. The van der Waals surface area contributed by atoms with Crippen LogP contribution in [0.3, 0.4) is 0 Å². The third-order valence-electron chi connectivity index (χ3n) is 7.29. The van der Waals surface area contributed by atoms with Crippen LogP contribution in [0.5, 0.6) is 0 Å². The summed E-state index contributed by atoms with van der Waals surface area (Å²) < 4.78 is 31.6. The molecule has 0 saturated carbocycles. The zero-order chi connectivity index (χ0) is 26.3. The number of hydrogen-bond acceptors (Lipinski definition) is 10. The Hall–Kier alpha value is -2.61. The minimum Gasteiger partial charge on any atom is -0.395 e. The van der Waals surface area contributed by atoms with Crippen LogP contribution in [0.4, 0.5) is 5.82 Å². The second-order valence-electron chi connectivity index (χ2n) is 9.92. The lowest BCUT2D eigenvalue weighted by Crippen LogP contribution is -2.46. The Morgan fingerprint density at radius 3 is 2.55 bits per heavy atom. The highest BCUT2D eigenvalue weighted by molar-refractivity contribution is 7.90. The second kappa shape index (κ2) is 10.5. The van der Waals surface area contributed by atoms with Gasteiger partial charge in [-0.2, -0.15) is 0 Å². The molecule has 2 N–H and O–H groups in total. The Balaban J connectivity index is 1.41. The van der Waals surface area contributed by atoms with Gasteiger partial charge in [-0.25, -0.2) is 18.4 Å². The van der Waals surface area contributed by atoms with Crippen molar-refractivity contribution in [3.63, 3.8) is 0 Å². The van der Waals surface area contributed by atoms with Gasteiger partial charge in [0, 0.05) is 86.2 Å². The highest BCUT2D eigenvalue weighted by atomic mass is 32.2. The van der Waals surface area contributed by atoms with Crippen molar-refractivity contribution < 1.29 is 18.3 Å². The van der Waals surface area contributed by atoms with Crippen molar-refractivity contribution in [2.45, 2.75) is 11.4 Å². The molecule has 5 heterocycles. The lowest BCUT2D eigenvalue weighted by Gasteiger charge is -2.34. The standard InChI is InChI=1S/C26H32N6O4S2/c1-38(34,35)19-15-21(20-2-3-27-22(20)16-19)25-28-23-14-18(17-31-6-4-30(5-7-31)8-11-33)37-24(23)26(29-25)32-9-12-36-13-10-32/h2-3,14-16,27,33H,4-13,17H2,1H3. The summed E-state index contributed by atoms with van der Waals surface area (Å²) in [4.78, 5) is 21.6. The van der Waals surface area contributed by atoms with Crippen molar-refractivity contribution in [2.75, 3.05) is 76.8 Å². The highest BCUT2D eigenvalue weighted by Gasteiger charge is 2.23. The molecule has 12 heteroatoms. The molecule has 0 atom stereocenters. The van der Waals surface area contributed by atoms with Crippen molar-refractivity contribution in [2.24, 2.45) is 0 Å². The lowest BCUT2D eigenvalue weighted by atomic mass is 10.1. The van der Waals surface area contributed by atoms with Crippen LogP contribution in [-0.4, -0.2) is 110 Å². The first-order chi connectivity index (χ1) is 18.4. The molecule has 202 valence electrons. The Kier molecular flexibility index (Phi) is 7.10. The molecule has 10 nitrogen and oxygen atoms in total. The van der Waals surface area contributed by atoms with E-state index >= 15 is 0 Å². The molecule has 0 unspecified atom stereocenters. The highest BCUT2D eigenvalue weighted by Crippen LogP contribution is 2.37. The number of nitrogens with zero attached hydrogens (tertiary/aromatic N) is 5. The molecular formula is C26H32N6O4S2. The lowest BCUT2D eigenvalue weighted by molar-refractivity contribution is 0.109. The third kappa shape index (κ3) is 5.16. The number of sulfone groups is 1. The second-order valence-corrected chi connectivity index (χ2v) is 13.1. The summed E-state index contributed by atoms with van der Waals surface area (Å²) in [5.41, 5.74) is 2.32. The predicted molar refractivity (Wildman–Crippen MR) is 150 cm³/mol. The minimum atomic E-state index is -3.42. The number of β-amino-alcohol motifs (C(OH)–C–C–N with tert-alkyl or cyclic N) is 1. The molecule has 0 aliphatic carbocycles. The summed E-state index contributed by atoms with van der Waals surface area (Å²) in [5.74, 6) is 1.40. The van der Waals surface area contributed by atoms with Crippen molar-refractivity contribution >= 4 is 48.1 Å². The van der Waals surface area contributed by atoms with E-state index in [0.29, 0.717) is 24.6 Å². The van der Waals surface area contributed by atoms with Crippen LogP contribution >= 0.6 is 11.3 Å². The van der Waals surface area contributed by atoms with E-state index in [-0.39, 0.29) is 11.5 Å². The van der Waals surface area contributed by atoms with Crippen LogP contribution in [0.25, 0.3) is 32.5 Å². The number of aliphatic hydroxyl groups is 1. The number of anilines is 1. The molecule has 6 rings (SSSR count). The Labute approximate surface area is 225 Å². The summed E-state index contributed by atoms with van der Waals surface area (Å²) >= 11 is 1.73. The van der Waals surface area contributed by atoms with Crippen molar-refractivity contribution in [1.29, 1.82) is 0 Å². The molecule has 0 amide bonds. The number of nitrogens with one attached hydrogen (secondary N) is 1. The number of morpholine rings is 1. The number of aliphatic hydroxyl groups excluding tert-OH is 1. The van der Waals surface area contributed by atoms with Gasteiger partial charge < -0.3 is 19.7 Å². The van der Waals surface area contributed by atoms with Crippen molar-refractivity contribution in [1.82, 2.24) is 24.8 Å². The van der Waals surface area contributed by atoms with Crippen molar-refractivity contribution in [3.8, 4) is 11.4 Å². The molecule has 2 aliphatic heterocycles. The van der Waals surface area contributed by atoms with Gasteiger partial charge in [-0.05, 0) is 24.3 Å². The van der Waals surface area contributed by atoms with E-state index in [0.717, 1.165) is 79.3 Å². The zero-order valence-corrected chi connectivity index (χ0v) is 23.0. The first-order valence-corrected chi connectivity index (χ1v) is 15.6. The third-order valence-corrected chi connectivity index (χ3v) is 9.48. The summed E-state index contributed by atoms with van der Waals surface area (Å²) in [6.45, 7) is 8.38. The average Bonchev–Trinajstić information content (AvgIpc) is 3.55. The van der Waals surface area contributed by atoms with E-state index in [1.165, 1.54) is 11.1 Å². The molecule has 3 aromatic heterocycles. The molecule has 38 heavy (non-hydrogen) atoms. The Morgan fingerprint density at radius 1 is 1.05 bits per heavy atom. The molecule has 2 saturated heterocycles. The monoisotopic (exact) mass is 556 g/mol. The van der Waals surface area contributed by atoms with Crippen LogP contribution in [0.15, 0.2) is 35.4 Å². The maximum Gasteiger partial charge on any atom is 0.175 e. The van der Waals surface area contributed by atoms with Crippen LogP contribution in [-0.2, 0) is 21.1 Å². The van der Waals surface area contributed by atoms with Crippen molar-refractivity contribution in [3.05, 3.63) is 35.3 Å². The Morgan fingerprint density at radius 2 is 1.82 bits per heavy atom. The number of benzene rings is 1. The SMILES string of the molecule is CS(=O)(=O)c1cc(-c2nc(N3CCOCC3)c3sc(CN4CCN(CCO)CC4)cc3n2)c2cc[nH]c2c1. The fourth-order valence-electron chi connectivity index (χ4n) is 5.22. The number of aromatic amines is 1. The van der Waals surface area contributed by atoms with Gasteiger partial charge in [-0.1, -0.05) is 0 Å². The van der Waals surface area contributed by atoms with Gasteiger partial charge >= 0.3 is 0 Å². The maximum absolute atomic E-state index is 12.5.